The van der Waals surface area contributed by atoms with Crippen molar-refractivity contribution in [2.24, 2.45) is 11.8 Å². The van der Waals surface area contributed by atoms with Gasteiger partial charge in [0.2, 0.25) is 0 Å². The van der Waals surface area contributed by atoms with E-state index in [4.69, 9.17) is 5.11 Å². The molecule has 0 aromatic heterocycles. The lowest BCUT2D eigenvalue weighted by Gasteiger charge is -2.16. The predicted molar refractivity (Wildman–Crippen MR) is 68.8 cm³/mol. The number of hydrogen-bond acceptors (Lipinski definition) is 3. The molecule has 0 spiro atoms. The monoisotopic (exact) mass is 276 g/mol. The summed E-state index contributed by atoms with van der Waals surface area (Å²) < 4.78 is 10.8. The summed E-state index contributed by atoms with van der Waals surface area (Å²) in [5, 5.41) is 14.3. The molecule has 1 aliphatic rings. The number of amides is 2. The molecule has 18 heavy (non-hydrogen) atoms. The molecular weight excluding hydrogens is 256 g/mol. The van der Waals surface area contributed by atoms with E-state index in [2.05, 4.69) is 10.6 Å². The van der Waals surface area contributed by atoms with Crippen molar-refractivity contribution in [2.75, 3.05) is 25.1 Å². The zero-order valence-corrected chi connectivity index (χ0v) is 11.3. The Morgan fingerprint density at radius 3 is 2.67 bits per heavy atom. The number of rotatable bonds is 6. The minimum Gasteiger partial charge on any atom is -0.481 e. The Kier molecular flexibility index (Phi) is 6.11. The minimum atomic E-state index is -0.920. The molecule has 2 amide bonds. The summed E-state index contributed by atoms with van der Waals surface area (Å²) >= 11 is 0. The highest BCUT2D eigenvalue weighted by atomic mass is 32.2. The van der Waals surface area contributed by atoms with Crippen LogP contribution in [-0.4, -0.2) is 46.4 Å². The predicted octanol–water partition coefficient (Wildman–Crippen LogP) is 0.165. The van der Waals surface area contributed by atoms with Gasteiger partial charge >= 0.3 is 12.0 Å². The van der Waals surface area contributed by atoms with E-state index in [1.807, 2.05) is 0 Å². The fourth-order valence-corrected chi connectivity index (χ4v) is 2.59. The number of carbonyl (C=O) groups is 2. The van der Waals surface area contributed by atoms with Gasteiger partial charge in [0.15, 0.2) is 0 Å². The molecule has 0 aromatic rings. The molecule has 1 fully saturated rings. The van der Waals surface area contributed by atoms with Gasteiger partial charge in [-0.15, -0.1) is 0 Å². The molecule has 0 radical (unpaired) electrons. The first-order chi connectivity index (χ1) is 8.50. The van der Waals surface area contributed by atoms with E-state index in [0.29, 0.717) is 25.3 Å². The van der Waals surface area contributed by atoms with Gasteiger partial charge in [-0.25, -0.2) is 4.79 Å². The Labute approximate surface area is 109 Å². The molecule has 0 saturated heterocycles. The third-order valence-electron chi connectivity index (χ3n) is 3.18. The van der Waals surface area contributed by atoms with Crippen LogP contribution in [0.15, 0.2) is 0 Å². The average molecular weight is 276 g/mol. The maximum absolute atomic E-state index is 11.4. The molecule has 1 rings (SSSR count). The van der Waals surface area contributed by atoms with E-state index in [-0.39, 0.29) is 17.9 Å². The molecule has 3 unspecified atom stereocenters. The van der Waals surface area contributed by atoms with Crippen LogP contribution in [-0.2, 0) is 15.6 Å². The maximum Gasteiger partial charge on any atom is 0.314 e. The quantitative estimate of drug-likeness (QED) is 0.644. The smallest absolute Gasteiger partial charge is 0.314 e. The number of carbonyl (C=O) groups excluding carboxylic acids is 1. The van der Waals surface area contributed by atoms with Crippen LogP contribution in [0.1, 0.15) is 19.3 Å². The fourth-order valence-electron chi connectivity index (χ4n) is 2.20. The molecule has 0 bridgehead atoms. The molecule has 3 atom stereocenters. The largest absolute Gasteiger partial charge is 0.481 e. The van der Waals surface area contributed by atoms with Crippen LogP contribution in [0.4, 0.5) is 4.79 Å². The molecule has 0 heterocycles. The second-order valence-electron chi connectivity index (χ2n) is 4.55. The van der Waals surface area contributed by atoms with Gasteiger partial charge in [-0.1, -0.05) is 6.42 Å². The lowest BCUT2D eigenvalue weighted by Crippen LogP contribution is -2.41. The van der Waals surface area contributed by atoms with Crippen molar-refractivity contribution in [2.45, 2.75) is 19.3 Å². The molecule has 3 N–H and O–H groups in total. The topological polar surface area (TPSA) is 95.5 Å². The Bertz CT molecular complexity index is 335. The van der Waals surface area contributed by atoms with Gasteiger partial charge in [0.25, 0.3) is 0 Å². The van der Waals surface area contributed by atoms with Gasteiger partial charge in [-0.05, 0) is 18.8 Å². The zero-order chi connectivity index (χ0) is 13.5. The highest BCUT2D eigenvalue weighted by Gasteiger charge is 2.32. The van der Waals surface area contributed by atoms with Crippen LogP contribution in [0.5, 0.6) is 0 Å². The number of carboxylic acids is 1. The van der Waals surface area contributed by atoms with Crippen molar-refractivity contribution in [1.82, 2.24) is 10.6 Å². The lowest BCUT2D eigenvalue weighted by atomic mass is 9.96. The van der Waals surface area contributed by atoms with Crippen molar-refractivity contribution < 1.29 is 18.9 Å². The van der Waals surface area contributed by atoms with Crippen LogP contribution < -0.4 is 10.6 Å². The number of urea groups is 1. The number of nitrogens with one attached hydrogen (secondary N) is 2. The average Bonchev–Trinajstić information content (AvgIpc) is 2.74. The van der Waals surface area contributed by atoms with E-state index in [1.165, 1.54) is 0 Å². The SMILES string of the molecule is CS(=O)CCNC(=O)NCC1CCCC1C(=O)O. The van der Waals surface area contributed by atoms with Crippen molar-refractivity contribution in [3.05, 3.63) is 0 Å². The highest BCUT2D eigenvalue weighted by Crippen LogP contribution is 2.31. The summed E-state index contributed by atoms with van der Waals surface area (Å²) in [5.74, 6) is -0.669. The molecule has 1 aliphatic carbocycles. The summed E-state index contributed by atoms with van der Waals surface area (Å²) in [6, 6.07) is -0.323. The van der Waals surface area contributed by atoms with E-state index in [1.54, 1.807) is 6.26 Å². The van der Waals surface area contributed by atoms with Gasteiger partial charge in [-0.3, -0.25) is 9.00 Å². The van der Waals surface area contributed by atoms with E-state index in [0.717, 1.165) is 12.8 Å². The third-order valence-corrected chi connectivity index (χ3v) is 3.96. The Morgan fingerprint density at radius 2 is 2.06 bits per heavy atom. The van der Waals surface area contributed by atoms with E-state index in [9.17, 15) is 13.8 Å². The lowest BCUT2D eigenvalue weighted by molar-refractivity contribution is -0.142. The molecule has 7 heteroatoms. The van der Waals surface area contributed by atoms with Crippen molar-refractivity contribution in [3.63, 3.8) is 0 Å². The van der Waals surface area contributed by atoms with E-state index < -0.39 is 16.8 Å². The molecule has 104 valence electrons. The first-order valence-corrected chi connectivity index (χ1v) is 7.78. The third kappa shape index (κ3) is 5.03. The Hall–Kier alpha value is -1.11. The highest BCUT2D eigenvalue weighted by molar-refractivity contribution is 7.84. The number of aliphatic carboxylic acids is 1. The summed E-state index contributed by atoms with van der Waals surface area (Å²) in [7, 11) is -0.920. The molecule has 0 aliphatic heterocycles. The fraction of sp³-hybridized carbons (Fsp3) is 0.818. The molecule has 1 saturated carbocycles. The van der Waals surface area contributed by atoms with Crippen LogP contribution in [0, 0.1) is 11.8 Å². The Morgan fingerprint density at radius 1 is 1.33 bits per heavy atom. The van der Waals surface area contributed by atoms with Gasteiger partial charge in [0.05, 0.1) is 5.92 Å². The molecular formula is C11H20N2O4S. The second-order valence-corrected chi connectivity index (χ2v) is 6.10. The summed E-state index contributed by atoms with van der Waals surface area (Å²) in [6.45, 7) is 0.750. The van der Waals surface area contributed by atoms with Crippen molar-refractivity contribution >= 4 is 22.8 Å². The van der Waals surface area contributed by atoms with Crippen molar-refractivity contribution in [3.8, 4) is 0 Å². The van der Waals surface area contributed by atoms with Gasteiger partial charge in [0.1, 0.15) is 0 Å². The first kappa shape index (κ1) is 14.9. The summed E-state index contributed by atoms with van der Waals surface area (Å²) in [6.07, 6.45) is 4.02. The first-order valence-electron chi connectivity index (χ1n) is 6.05. The van der Waals surface area contributed by atoms with Gasteiger partial charge in [-0.2, -0.15) is 0 Å². The summed E-state index contributed by atoms with van der Waals surface area (Å²) in [5.41, 5.74) is 0. The van der Waals surface area contributed by atoms with Crippen LogP contribution in [0.3, 0.4) is 0 Å². The van der Waals surface area contributed by atoms with Crippen LogP contribution in [0.25, 0.3) is 0 Å². The van der Waals surface area contributed by atoms with Crippen LogP contribution >= 0.6 is 0 Å². The summed E-state index contributed by atoms with van der Waals surface area (Å²) in [4.78, 5) is 22.3. The Balaban J connectivity index is 2.21. The van der Waals surface area contributed by atoms with Crippen molar-refractivity contribution in [1.29, 1.82) is 0 Å². The second kappa shape index (κ2) is 7.35. The molecule has 6 nitrogen and oxygen atoms in total. The number of hydrogen-bond donors (Lipinski definition) is 3. The normalized spacial score (nSPS) is 24.5. The minimum absolute atomic E-state index is 0.0218. The van der Waals surface area contributed by atoms with Gasteiger partial charge < -0.3 is 15.7 Å². The standard InChI is InChI=1S/C11H20N2O4S/c1-18(17)6-5-12-11(16)13-7-8-3-2-4-9(8)10(14)15/h8-9H,2-7H2,1H3,(H,14,15)(H2,12,13,16). The van der Waals surface area contributed by atoms with E-state index >= 15 is 0 Å². The zero-order valence-electron chi connectivity index (χ0n) is 10.5. The number of carboxylic acid groups (broad SMARTS) is 1. The van der Waals surface area contributed by atoms with Crippen LogP contribution in [0.2, 0.25) is 0 Å². The van der Waals surface area contributed by atoms with Gasteiger partial charge in [0, 0.05) is 35.9 Å². The molecule has 0 aromatic carbocycles. The maximum atomic E-state index is 11.4.